The number of rotatable bonds is 0. The number of nitrogens with one attached hydrogen (secondary N) is 3. The van der Waals surface area contributed by atoms with E-state index in [1.165, 1.54) is 0 Å². The van der Waals surface area contributed by atoms with Gasteiger partial charge in [0.15, 0.2) is 0 Å². The van der Waals surface area contributed by atoms with Gasteiger partial charge in [0.25, 0.3) is 0 Å². The van der Waals surface area contributed by atoms with Crippen LogP contribution < -0.4 is 20.7 Å². The average molecular weight is 409 g/mol. The van der Waals surface area contributed by atoms with E-state index in [0.717, 1.165) is 22.6 Å². The Morgan fingerprint density at radius 1 is 0.833 bits per heavy atom. The average Bonchev–Trinajstić information content (AvgIpc) is 3.18. The van der Waals surface area contributed by atoms with E-state index in [1.54, 1.807) is 0 Å². The van der Waals surface area contributed by atoms with E-state index in [0.29, 0.717) is 39.1 Å². The van der Waals surface area contributed by atoms with Crippen LogP contribution in [-0.2, 0) is 27.4 Å². The summed E-state index contributed by atoms with van der Waals surface area (Å²) in [6.07, 6.45) is 1.17. The van der Waals surface area contributed by atoms with Crippen molar-refractivity contribution < 1.29 is 19.1 Å². The molecular weight excluding hydrogens is 382 g/mol. The molecule has 0 radical (unpaired) electrons. The maximum atomic E-state index is 12.3. The van der Waals surface area contributed by atoms with Gasteiger partial charge in [-0.25, -0.2) is 0 Å². The van der Waals surface area contributed by atoms with Gasteiger partial charge in [0.2, 0.25) is 11.8 Å². The largest absolute Gasteiger partial charge is 0.457 e. The third kappa shape index (κ3) is 5.58. The zero-order chi connectivity index (χ0) is 20.8. The summed E-state index contributed by atoms with van der Waals surface area (Å²) < 4.78 is 12.0. The highest BCUT2D eigenvalue weighted by Crippen LogP contribution is 2.23. The van der Waals surface area contributed by atoms with Crippen LogP contribution in [0.4, 0.5) is 0 Å². The van der Waals surface area contributed by atoms with Gasteiger partial charge in [0.05, 0.1) is 18.8 Å². The molecular formula is C23H27N3O4. The third-order valence-electron chi connectivity index (χ3n) is 5.34. The topological polar surface area (TPSA) is 88.7 Å². The normalized spacial score (nSPS) is 23.1. The summed E-state index contributed by atoms with van der Waals surface area (Å²) in [6, 6.07) is 15.5. The molecule has 3 aliphatic heterocycles. The Balaban J connectivity index is 1.49. The highest BCUT2D eigenvalue weighted by Gasteiger charge is 2.29. The van der Waals surface area contributed by atoms with E-state index in [2.05, 4.69) is 16.0 Å². The molecule has 30 heavy (non-hydrogen) atoms. The van der Waals surface area contributed by atoms with E-state index in [-0.39, 0.29) is 30.4 Å². The summed E-state index contributed by atoms with van der Waals surface area (Å²) in [4.78, 5) is 24.3. The summed E-state index contributed by atoms with van der Waals surface area (Å²) in [5.74, 6) is 1.35. The van der Waals surface area contributed by atoms with Gasteiger partial charge in [-0.2, -0.15) is 0 Å². The zero-order valence-corrected chi connectivity index (χ0v) is 16.9. The Labute approximate surface area is 176 Å². The number of hydrogen-bond acceptors (Lipinski definition) is 5. The molecule has 0 spiro atoms. The Morgan fingerprint density at radius 2 is 1.70 bits per heavy atom. The lowest BCUT2D eigenvalue weighted by Crippen LogP contribution is -2.44. The van der Waals surface area contributed by atoms with Crippen LogP contribution in [0, 0.1) is 0 Å². The monoisotopic (exact) mass is 409 g/mol. The molecule has 158 valence electrons. The lowest BCUT2D eigenvalue weighted by atomic mass is 10.1. The van der Waals surface area contributed by atoms with E-state index in [4.69, 9.17) is 9.47 Å². The summed E-state index contributed by atoms with van der Waals surface area (Å²) in [7, 11) is 0. The molecule has 0 saturated carbocycles. The van der Waals surface area contributed by atoms with Crippen LogP contribution in [-0.4, -0.2) is 43.6 Å². The molecule has 7 nitrogen and oxygen atoms in total. The van der Waals surface area contributed by atoms with Crippen LogP contribution in [0.5, 0.6) is 11.5 Å². The van der Waals surface area contributed by atoms with Crippen molar-refractivity contribution in [1.82, 2.24) is 16.0 Å². The molecule has 3 aliphatic rings. The fraction of sp³-hybridized carbons (Fsp3) is 0.391. The molecule has 2 atom stereocenters. The fourth-order valence-corrected chi connectivity index (χ4v) is 3.68. The molecule has 3 N–H and O–H groups in total. The fourth-order valence-electron chi connectivity index (χ4n) is 3.68. The van der Waals surface area contributed by atoms with Crippen molar-refractivity contribution >= 4 is 11.8 Å². The van der Waals surface area contributed by atoms with Crippen molar-refractivity contribution in [2.24, 2.45) is 0 Å². The van der Waals surface area contributed by atoms with Crippen LogP contribution in [0.25, 0.3) is 0 Å². The quantitative estimate of drug-likeness (QED) is 0.619. The molecule has 5 rings (SSSR count). The van der Waals surface area contributed by atoms with Crippen LogP contribution in [0.3, 0.4) is 0 Å². The lowest BCUT2D eigenvalue weighted by Gasteiger charge is -2.21. The number of hydrogen-bond donors (Lipinski definition) is 3. The highest BCUT2D eigenvalue weighted by atomic mass is 16.5. The van der Waals surface area contributed by atoms with Crippen molar-refractivity contribution in [2.45, 2.75) is 38.0 Å². The smallest absolute Gasteiger partial charge is 0.222 e. The van der Waals surface area contributed by atoms with Gasteiger partial charge in [-0.15, -0.1) is 0 Å². The van der Waals surface area contributed by atoms with E-state index in [9.17, 15) is 9.59 Å². The first-order chi connectivity index (χ1) is 14.7. The molecule has 3 heterocycles. The summed E-state index contributed by atoms with van der Waals surface area (Å²) in [6.45, 7) is 2.12. The van der Waals surface area contributed by atoms with Gasteiger partial charge in [0, 0.05) is 32.5 Å². The minimum atomic E-state index is -0.105. The first-order valence-electron chi connectivity index (χ1n) is 10.4. The Hall–Kier alpha value is -2.90. The number of carbonyl (C=O) groups excluding carboxylic acids is 2. The lowest BCUT2D eigenvalue weighted by molar-refractivity contribution is -0.123. The van der Waals surface area contributed by atoms with Crippen molar-refractivity contribution in [3.63, 3.8) is 0 Å². The standard InChI is InChI=1S/C23H27N3O4/c27-22-9-6-16-4-7-18(8-5-16)30-19-3-1-2-17(12-19)15-29-21-14-24-13-20(21)26-23(28)10-11-25-22/h1-5,7-8,12,20-21,24H,6,9-11,13-15H2,(H,25,27)(H,26,28)/t20-,21-/m0/s1. The molecule has 2 aromatic rings. The molecule has 0 unspecified atom stereocenters. The SMILES string of the molecule is O=C1CCc2ccc(cc2)Oc2cccc(c2)CO[C@H]2CNC[C@@H]2NC(=O)CCN1. The third-order valence-corrected chi connectivity index (χ3v) is 5.34. The first-order valence-corrected chi connectivity index (χ1v) is 10.4. The second kappa shape index (κ2) is 9.73. The first kappa shape index (κ1) is 20.4. The van der Waals surface area contributed by atoms with Gasteiger partial charge in [0.1, 0.15) is 11.5 Å². The van der Waals surface area contributed by atoms with Crippen molar-refractivity contribution in [3.8, 4) is 11.5 Å². The molecule has 1 fully saturated rings. The zero-order valence-electron chi connectivity index (χ0n) is 16.9. The minimum absolute atomic E-state index is 0.0573. The van der Waals surface area contributed by atoms with Crippen molar-refractivity contribution in [3.05, 3.63) is 59.7 Å². The Morgan fingerprint density at radius 3 is 2.57 bits per heavy atom. The number of carbonyl (C=O) groups is 2. The van der Waals surface area contributed by atoms with Gasteiger partial charge >= 0.3 is 0 Å². The summed E-state index contributed by atoms with van der Waals surface area (Å²) in [5.41, 5.74) is 2.07. The Bertz CT molecular complexity index is 884. The molecule has 0 aliphatic carbocycles. The summed E-state index contributed by atoms with van der Waals surface area (Å²) in [5, 5.41) is 9.10. The number of ether oxygens (including phenoxy) is 2. The molecule has 7 heteroatoms. The van der Waals surface area contributed by atoms with Crippen molar-refractivity contribution in [1.29, 1.82) is 0 Å². The maximum Gasteiger partial charge on any atom is 0.222 e. The van der Waals surface area contributed by atoms with Crippen LogP contribution in [0.1, 0.15) is 24.0 Å². The second-order valence-corrected chi connectivity index (χ2v) is 7.68. The molecule has 1 saturated heterocycles. The van der Waals surface area contributed by atoms with Crippen LogP contribution in [0.15, 0.2) is 48.5 Å². The molecule has 4 bridgehead atoms. The van der Waals surface area contributed by atoms with Gasteiger partial charge in [-0.05, 0) is 41.8 Å². The maximum absolute atomic E-state index is 12.3. The molecule has 2 aromatic carbocycles. The van der Waals surface area contributed by atoms with Crippen molar-refractivity contribution in [2.75, 3.05) is 19.6 Å². The Kier molecular flexibility index (Phi) is 6.61. The number of aryl methyl sites for hydroxylation is 1. The van der Waals surface area contributed by atoms with Crippen LogP contribution >= 0.6 is 0 Å². The predicted octanol–water partition coefficient (Wildman–Crippen LogP) is 1.90. The minimum Gasteiger partial charge on any atom is -0.457 e. The van der Waals surface area contributed by atoms with Crippen LogP contribution in [0.2, 0.25) is 0 Å². The van der Waals surface area contributed by atoms with Gasteiger partial charge in [-0.1, -0.05) is 24.3 Å². The van der Waals surface area contributed by atoms with Gasteiger partial charge < -0.3 is 25.4 Å². The summed E-state index contributed by atoms with van der Waals surface area (Å²) >= 11 is 0. The predicted molar refractivity (Wildman–Crippen MR) is 112 cm³/mol. The van der Waals surface area contributed by atoms with E-state index in [1.807, 2.05) is 48.5 Å². The number of benzene rings is 2. The van der Waals surface area contributed by atoms with E-state index < -0.39 is 0 Å². The number of fused-ring (bicyclic) bond motifs is 10. The second-order valence-electron chi connectivity index (χ2n) is 7.68. The van der Waals surface area contributed by atoms with E-state index >= 15 is 0 Å². The highest BCUT2D eigenvalue weighted by molar-refractivity contribution is 5.79. The number of amides is 2. The molecule has 0 aromatic heterocycles. The molecule has 2 amide bonds. The van der Waals surface area contributed by atoms with Gasteiger partial charge in [-0.3, -0.25) is 9.59 Å².